The van der Waals surface area contributed by atoms with Crippen molar-refractivity contribution in [1.29, 1.82) is 0 Å². The van der Waals surface area contributed by atoms with E-state index >= 15 is 0 Å². The summed E-state index contributed by atoms with van der Waals surface area (Å²) in [5.41, 5.74) is 0.989. The third kappa shape index (κ3) is 5.28. The van der Waals surface area contributed by atoms with Gasteiger partial charge in [-0.3, -0.25) is 9.59 Å². The van der Waals surface area contributed by atoms with Crippen molar-refractivity contribution in [3.05, 3.63) is 34.9 Å². The predicted octanol–water partition coefficient (Wildman–Crippen LogP) is -0.173. The summed E-state index contributed by atoms with van der Waals surface area (Å²) in [5.74, 6) is -0.394. The smallest absolute Gasteiger partial charge is 0.275 e. The van der Waals surface area contributed by atoms with E-state index in [0.29, 0.717) is 5.02 Å². The second kappa shape index (κ2) is 7.76. The quantitative estimate of drug-likeness (QED) is 0.678. The van der Waals surface area contributed by atoms with Gasteiger partial charge in [0, 0.05) is 17.6 Å². The minimum Gasteiger partial charge on any atom is -0.358 e. The number of hydrogen-bond donors (Lipinski definition) is 3. The van der Waals surface area contributed by atoms with Gasteiger partial charge < -0.3 is 16.0 Å². The fraction of sp³-hybridized carbons (Fsp3) is 0.385. The van der Waals surface area contributed by atoms with Crippen molar-refractivity contribution in [1.82, 2.24) is 10.6 Å². The molecule has 104 valence electrons. The molecule has 0 aliphatic carbocycles. The summed E-state index contributed by atoms with van der Waals surface area (Å²) in [5, 5.41) is 7.54. The van der Waals surface area contributed by atoms with Crippen molar-refractivity contribution in [2.75, 3.05) is 20.1 Å². The second-order valence-corrected chi connectivity index (χ2v) is 4.61. The highest BCUT2D eigenvalue weighted by Crippen LogP contribution is 2.19. The van der Waals surface area contributed by atoms with Crippen molar-refractivity contribution in [3.8, 4) is 0 Å². The molecular weight excluding hydrogens is 266 g/mol. The average Bonchev–Trinajstić information content (AvgIpc) is 2.42. The number of benzene rings is 1. The first-order chi connectivity index (χ1) is 9.04. The van der Waals surface area contributed by atoms with E-state index in [1.165, 1.54) is 7.05 Å². The topological polar surface area (TPSA) is 74.8 Å². The Labute approximate surface area is 117 Å². The van der Waals surface area contributed by atoms with Crippen molar-refractivity contribution in [3.63, 3.8) is 0 Å². The SMILES string of the molecule is CNC(=O)CNC(=O)C[NH2+][C@@H](C)c1ccccc1Cl. The highest BCUT2D eigenvalue weighted by molar-refractivity contribution is 6.31. The molecule has 0 heterocycles. The van der Waals surface area contributed by atoms with Gasteiger partial charge in [0.2, 0.25) is 5.91 Å². The molecule has 0 bridgehead atoms. The Morgan fingerprint density at radius 3 is 2.63 bits per heavy atom. The molecule has 0 aliphatic rings. The van der Waals surface area contributed by atoms with Crippen molar-refractivity contribution in [2.24, 2.45) is 0 Å². The van der Waals surface area contributed by atoms with Gasteiger partial charge in [-0.05, 0) is 13.0 Å². The minimum absolute atomic E-state index is 0.00362. The van der Waals surface area contributed by atoms with E-state index in [4.69, 9.17) is 11.6 Å². The molecule has 0 unspecified atom stereocenters. The van der Waals surface area contributed by atoms with E-state index < -0.39 is 0 Å². The molecule has 0 aromatic heterocycles. The van der Waals surface area contributed by atoms with Crippen molar-refractivity contribution < 1.29 is 14.9 Å². The fourth-order valence-corrected chi connectivity index (χ4v) is 1.90. The van der Waals surface area contributed by atoms with Crippen LogP contribution in [0.2, 0.25) is 5.02 Å². The first-order valence-electron chi connectivity index (χ1n) is 6.09. The van der Waals surface area contributed by atoms with Gasteiger partial charge in [0.15, 0.2) is 6.54 Å². The van der Waals surface area contributed by atoms with E-state index in [0.717, 1.165) is 5.56 Å². The van der Waals surface area contributed by atoms with Crippen LogP contribution in [0.1, 0.15) is 18.5 Å². The third-order valence-electron chi connectivity index (χ3n) is 2.78. The Balaban J connectivity index is 2.38. The first kappa shape index (κ1) is 15.5. The zero-order valence-corrected chi connectivity index (χ0v) is 11.8. The number of hydrogen-bond acceptors (Lipinski definition) is 2. The zero-order valence-electron chi connectivity index (χ0n) is 11.1. The first-order valence-corrected chi connectivity index (χ1v) is 6.47. The van der Waals surface area contributed by atoms with Gasteiger partial charge in [0.05, 0.1) is 6.54 Å². The maximum absolute atomic E-state index is 11.5. The Hall–Kier alpha value is -1.59. The molecule has 19 heavy (non-hydrogen) atoms. The number of carbonyl (C=O) groups excluding carboxylic acids is 2. The number of halogens is 1. The summed E-state index contributed by atoms with van der Waals surface area (Å²) in [6, 6.07) is 7.63. The second-order valence-electron chi connectivity index (χ2n) is 4.20. The molecule has 0 radical (unpaired) electrons. The summed E-state index contributed by atoms with van der Waals surface area (Å²) in [6.45, 7) is 2.24. The fourth-order valence-electron chi connectivity index (χ4n) is 1.59. The van der Waals surface area contributed by atoms with Crippen LogP contribution in [0, 0.1) is 0 Å². The molecule has 0 aliphatic heterocycles. The van der Waals surface area contributed by atoms with Gasteiger partial charge in [-0.15, -0.1) is 0 Å². The highest BCUT2D eigenvalue weighted by Gasteiger charge is 2.14. The molecule has 0 fully saturated rings. The van der Waals surface area contributed by atoms with Gasteiger partial charge in [-0.1, -0.05) is 29.8 Å². The van der Waals surface area contributed by atoms with Crippen LogP contribution in [0.15, 0.2) is 24.3 Å². The summed E-state index contributed by atoms with van der Waals surface area (Å²) in [4.78, 5) is 22.5. The molecule has 4 N–H and O–H groups in total. The maximum Gasteiger partial charge on any atom is 0.275 e. The number of nitrogens with one attached hydrogen (secondary N) is 2. The van der Waals surface area contributed by atoms with Crippen molar-refractivity contribution in [2.45, 2.75) is 13.0 Å². The highest BCUT2D eigenvalue weighted by atomic mass is 35.5. The molecule has 0 saturated carbocycles. The molecule has 5 nitrogen and oxygen atoms in total. The lowest BCUT2D eigenvalue weighted by Crippen LogP contribution is -2.87. The van der Waals surface area contributed by atoms with Crippen LogP contribution in [-0.4, -0.2) is 32.0 Å². The number of likely N-dealkylation sites (N-methyl/N-ethyl adjacent to an activating group) is 1. The third-order valence-corrected chi connectivity index (χ3v) is 3.12. The molecule has 1 aromatic rings. The predicted molar refractivity (Wildman–Crippen MR) is 73.7 cm³/mol. The summed E-state index contributed by atoms with van der Waals surface area (Å²) < 4.78 is 0. The van der Waals surface area contributed by atoms with Crippen LogP contribution in [0.4, 0.5) is 0 Å². The number of rotatable bonds is 6. The van der Waals surface area contributed by atoms with Gasteiger partial charge >= 0.3 is 0 Å². The lowest BCUT2D eigenvalue weighted by atomic mass is 10.1. The largest absolute Gasteiger partial charge is 0.358 e. The van der Waals surface area contributed by atoms with Gasteiger partial charge in [-0.2, -0.15) is 0 Å². The average molecular weight is 285 g/mol. The minimum atomic E-state index is -0.215. The monoisotopic (exact) mass is 284 g/mol. The lowest BCUT2D eigenvalue weighted by molar-refractivity contribution is -0.682. The molecule has 1 atom stereocenters. The normalized spacial score (nSPS) is 11.7. The van der Waals surface area contributed by atoms with Crippen LogP contribution < -0.4 is 16.0 Å². The molecule has 0 spiro atoms. The molecule has 0 saturated heterocycles. The molecule has 6 heteroatoms. The van der Waals surface area contributed by atoms with E-state index in [9.17, 15) is 9.59 Å². The summed E-state index contributed by atoms with van der Waals surface area (Å²) in [7, 11) is 1.53. The lowest BCUT2D eigenvalue weighted by Gasteiger charge is -2.12. The number of quaternary nitrogens is 1. The van der Waals surface area contributed by atoms with Crippen LogP contribution in [0.5, 0.6) is 0 Å². The number of nitrogens with two attached hydrogens (primary N) is 1. The summed E-state index contributed by atoms with van der Waals surface area (Å²) in [6.07, 6.45) is 0. The standard InChI is InChI=1S/C13H18ClN3O2/c1-9(10-5-3-4-6-11(10)14)16-8-13(19)17-7-12(18)15-2/h3-6,9,16H,7-8H2,1-2H3,(H,15,18)(H,17,19)/p+1/t9-/m0/s1. The number of amides is 2. The molecule has 1 rings (SSSR count). The molecular formula is C13H19ClN3O2+. The van der Waals surface area contributed by atoms with Crippen molar-refractivity contribution >= 4 is 23.4 Å². The maximum atomic E-state index is 11.5. The van der Waals surface area contributed by atoms with Gasteiger partial charge in [-0.25, -0.2) is 0 Å². The molecule has 2 amide bonds. The number of carbonyl (C=O) groups is 2. The van der Waals surface area contributed by atoms with Crippen LogP contribution in [-0.2, 0) is 9.59 Å². The van der Waals surface area contributed by atoms with Crippen LogP contribution in [0.25, 0.3) is 0 Å². The van der Waals surface area contributed by atoms with E-state index in [1.807, 2.05) is 36.5 Å². The van der Waals surface area contributed by atoms with Crippen LogP contribution >= 0.6 is 11.6 Å². The van der Waals surface area contributed by atoms with Gasteiger partial charge in [0.25, 0.3) is 5.91 Å². The zero-order chi connectivity index (χ0) is 14.3. The Morgan fingerprint density at radius 1 is 1.32 bits per heavy atom. The van der Waals surface area contributed by atoms with Crippen LogP contribution in [0.3, 0.4) is 0 Å². The Kier molecular flexibility index (Phi) is 6.32. The van der Waals surface area contributed by atoms with E-state index in [-0.39, 0.29) is 30.9 Å². The van der Waals surface area contributed by atoms with E-state index in [2.05, 4.69) is 10.6 Å². The summed E-state index contributed by atoms with van der Waals surface area (Å²) >= 11 is 6.08. The Bertz CT molecular complexity index is 451. The van der Waals surface area contributed by atoms with E-state index in [1.54, 1.807) is 0 Å². The molecule has 1 aromatic carbocycles. The Morgan fingerprint density at radius 2 is 2.00 bits per heavy atom. The van der Waals surface area contributed by atoms with Gasteiger partial charge in [0.1, 0.15) is 6.04 Å².